The van der Waals surface area contributed by atoms with Gasteiger partial charge in [-0.25, -0.2) is 4.98 Å². The Morgan fingerprint density at radius 1 is 0.962 bits per heavy atom. The van der Waals surface area contributed by atoms with Crippen LogP contribution in [0.3, 0.4) is 0 Å². The Balaban J connectivity index is 1.94. The number of imidazole rings is 1. The average molecular weight is 340 g/mol. The summed E-state index contributed by atoms with van der Waals surface area (Å²) in [6.07, 6.45) is 0. The van der Waals surface area contributed by atoms with E-state index in [0.29, 0.717) is 11.4 Å². The second kappa shape index (κ2) is 6.15. The molecule has 0 bridgehead atoms. The smallest absolute Gasteiger partial charge is 0.269 e. The zero-order valence-electron chi connectivity index (χ0n) is 13.5. The molecule has 124 valence electrons. The Bertz CT molecular complexity index is 1150. The summed E-state index contributed by atoms with van der Waals surface area (Å²) in [6, 6.07) is 23.4. The summed E-state index contributed by atoms with van der Waals surface area (Å²) < 4.78 is 1.96. The summed E-state index contributed by atoms with van der Waals surface area (Å²) in [4.78, 5) is 15.2. The molecule has 6 heteroatoms. The van der Waals surface area contributed by atoms with Gasteiger partial charge in [0, 0.05) is 23.4 Å². The molecular formula is C20H12N4O2. The highest BCUT2D eigenvalue weighted by Crippen LogP contribution is 2.29. The number of hydrogen-bond acceptors (Lipinski definition) is 4. The fourth-order valence-corrected chi connectivity index (χ4v) is 2.90. The lowest BCUT2D eigenvalue weighted by Gasteiger charge is -2.09. The van der Waals surface area contributed by atoms with Crippen LogP contribution in [0.15, 0.2) is 72.8 Å². The second-order valence-electron chi connectivity index (χ2n) is 5.72. The zero-order chi connectivity index (χ0) is 18.1. The molecule has 0 saturated heterocycles. The number of nitrogens with zero attached hydrogens (tertiary/aromatic N) is 4. The molecule has 4 rings (SSSR count). The number of benzene rings is 3. The number of nitriles is 1. The standard InChI is InChI=1S/C20H12N4O2/c21-13-14-5-7-15(8-6-14)20-22-18-3-1-2-4-19(18)23(20)16-9-11-17(12-10-16)24(25)26/h1-12H. The van der Waals surface area contributed by atoms with Crippen LogP contribution in [0.4, 0.5) is 5.69 Å². The molecule has 0 atom stereocenters. The molecule has 0 fully saturated rings. The maximum Gasteiger partial charge on any atom is 0.269 e. The van der Waals surface area contributed by atoms with Crippen molar-refractivity contribution >= 4 is 16.7 Å². The largest absolute Gasteiger partial charge is 0.292 e. The van der Waals surface area contributed by atoms with Crippen LogP contribution >= 0.6 is 0 Å². The lowest BCUT2D eigenvalue weighted by Crippen LogP contribution is -1.98. The van der Waals surface area contributed by atoms with E-state index < -0.39 is 4.92 Å². The van der Waals surface area contributed by atoms with E-state index in [4.69, 9.17) is 10.2 Å². The fraction of sp³-hybridized carbons (Fsp3) is 0. The van der Waals surface area contributed by atoms with Crippen LogP contribution in [0.2, 0.25) is 0 Å². The predicted octanol–water partition coefficient (Wildman–Crippen LogP) is 4.47. The van der Waals surface area contributed by atoms with Crippen LogP contribution in [0.5, 0.6) is 0 Å². The highest BCUT2D eigenvalue weighted by Gasteiger charge is 2.15. The summed E-state index contributed by atoms with van der Waals surface area (Å²) >= 11 is 0. The van der Waals surface area contributed by atoms with E-state index in [1.807, 2.05) is 41.0 Å². The number of non-ortho nitro benzene ring substituents is 1. The molecule has 4 aromatic rings. The van der Waals surface area contributed by atoms with E-state index in [-0.39, 0.29) is 5.69 Å². The van der Waals surface area contributed by atoms with Crippen molar-refractivity contribution < 1.29 is 4.92 Å². The van der Waals surface area contributed by atoms with Gasteiger partial charge in [-0.3, -0.25) is 14.7 Å². The Labute approximate surface area is 148 Å². The number of rotatable bonds is 3. The number of nitro benzene ring substituents is 1. The van der Waals surface area contributed by atoms with Gasteiger partial charge in [-0.2, -0.15) is 5.26 Å². The highest BCUT2D eigenvalue weighted by molar-refractivity contribution is 5.83. The lowest BCUT2D eigenvalue weighted by atomic mass is 10.1. The van der Waals surface area contributed by atoms with Crippen LogP contribution in [-0.4, -0.2) is 14.5 Å². The molecule has 1 heterocycles. The van der Waals surface area contributed by atoms with Crippen LogP contribution in [0.25, 0.3) is 28.1 Å². The van der Waals surface area contributed by atoms with Crippen molar-refractivity contribution in [1.82, 2.24) is 9.55 Å². The van der Waals surface area contributed by atoms with E-state index in [9.17, 15) is 10.1 Å². The van der Waals surface area contributed by atoms with Crippen molar-refractivity contribution in [3.63, 3.8) is 0 Å². The normalized spacial score (nSPS) is 10.6. The SMILES string of the molecule is N#Cc1ccc(-c2nc3ccccc3n2-c2ccc([N+](=O)[O-])cc2)cc1. The van der Waals surface area contributed by atoms with Crippen molar-refractivity contribution in [2.24, 2.45) is 0 Å². The summed E-state index contributed by atoms with van der Waals surface area (Å²) in [7, 11) is 0. The average Bonchev–Trinajstić information content (AvgIpc) is 3.07. The van der Waals surface area contributed by atoms with E-state index in [2.05, 4.69) is 6.07 Å². The molecule has 0 radical (unpaired) electrons. The molecule has 26 heavy (non-hydrogen) atoms. The molecule has 1 aromatic heterocycles. The van der Waals surface area contributed by atoms with Crippen molar-refractivity contribution in [3.05, 3.63) is 88.5 Å². The Morgan fingerprint density at radius 2 is 1.65 bits per heavy atom. The predicted molar refractivity (Wildman–Crippen MR) is 97.9 cm³/mol. The van der Waals surface area contributed by atoms with Gasteiger partial charge in [0.15, 0.2) is 0 Å². The number of nitro groups is 1. The maximum absolute atomic E-state index is 10.9. The molecule has 0 aliphatic rings. The van der Waals surface area contributed by atoms with Crippen LogP contribution in [0.1, 0.15) is 5.56 Å². The van der Waals surface area contributed by atoms with Gasteiger partial charge in [-0.15, -0.1) is 0 Å². The topological polar surface area (TPSA) is 84.8 Å². The molecular weight excluding hydrogens is 328 g/mol. The van der Waals surface area contributed by atoms with Gasteiger partial charge in [0.25, 0.3) is 5.69 Å². The Hall–Kier alpha value is -3.98. The van der Waals surface area contributed by atoms with Crippen molar-refractivity contribution in [2.75, 3.05) is 0 Å². The second-order valence-corrected chi connectivity index (χ2v) is 5.72. The Morgan fingerprint density at radius 3 is 2.31 bits per heavy atom. The van der Waals surface area contributed by atoms with Crippen molar-refractivity contribution in [3.8, 4) is 23.1 Å². The number of para-hydroxylation sites is 2. The molecule has 0 aliphatic carbocycles. The maximum atomic E-state index is 10.9. The van der Waals surface area contributed by atoms with Gasteiger partial charge in [0.2, 0.25) is 0 Å². The summed E-state index contributed by atoms with van der Waals surface area (Å²) in [6.45, 7) is 0. The molecule has 0 unspecified atom stereocenters. The van der Waals surface area contributed by atoms with Gasteiger partial charge < -0.3 is 0 Å². The van der Waals surface area contributed by atoms with Crippen molar-refractivity contribution in [2.45, 2.75) is 0 Å². The first-order chi connectivity index (χ1) is 12.7. The number of fused-ring (bicyclic) bond motifs is 1. The number of aromatic nitrogens is 2. The molecule has 0 saturated carbocycles. The molecule has 0 N–H and O–H groups in total. The summed E-state index contributed by atoms with van der Waals surface area (Å²) in [5.74, 6) is 0.713. The van der Waals surface area contributed by atoms with Crippen molar-refractivity contribution in [1.29, 1.82) is 5.26 Å². The monoisotopic (exact) mass is 340 g/mol. The molecule has 0 spiro atoms. The quantitative estimate of drug-likeness (QED) is 0.407. The molecule has 6 nitrogen and oxygen atoms in total. The van der Waals surface area contributed by atoms with Gasteiger partial charge in [0.1, 0.15) is 5.82 Å². The molecule has 3 aromatic carbocycles. The minimum atomic E-state index is -0.419. The van der Waals surface area contributed by atoms with Crippen LogP contribution in [-0.2, 0) is 0 Å². The van der Waals surface area contributed by atoms with E-state index in [1.165, 1.54) is 12.1 Å². The first-order valence-electron chi connectivity index (χ1n) is 7.90. The van der Waals surface area contributed by atoms with Crippen LogP contribution in [0, 0.1) is 21.4 Å². The Kier molecular flexibility index (Phi) is 3.67. The summed E-state index contributed by atoms with van der Waals surface area (Å²) in [5.41, 5.74) is 3.98. The van der Waals surface area contributed by atoms with Gasteiger partial charge in [-0.05, 0) is 48.5 Å². The van der Waals surface area contributed by atoms with Gasteiger partial charge >= 0.3 is 0 Å². The highest BCUT2D eigenvalue weighted by atomic mass is 16.6. The third kappa shape index (κ3) is 2.58. The van der Waals surface area contributed by atoms with E-state index in [1.54, 1.807) is 24.3 Å². The first kappa shape index (κ1) is 15.5. The first-order valence-corrected chi connectivity index (χ1v) is 7.90. The van der Waals surface area contributed by atoms with Gasteiger partial charge in [0.05, 0.1) is 27.6 Å². The minimum Gasteiger partial charge on any atom is -0.292 e. The van der Waals surface area contributed by atoms with E-state index >= 15 is 0 Å². The van der Waals surface area contributed by atoms with Crippen LogP contribution < -0.4 is 0 Å². The fourth-order valence-electron chi connectivity index (χ4n) is 2.90. The summed E-state index contributed by atoms with van der Waals surface area (Å²) in [5, 5.41) is 19.9. The minimum absolute atomic E-state index is 0.0399. The lowest BCUT2D eigenvalue weighted by molar-refractivity contribution is -0.384. The molecule has 0 aliphatic heterocycles. The molecule has 0 amide bonds. The third-order valence-electron chi connectivity index (χ3n) is 4.15. The third-order valence-corrected chi connectivity index (χ3v) is 4.15. The zero-order valence-corrected chi connectivity index (χ0v) is 13.5. The van der Waals surface area contributed by atoms with E-state index in [0.717, 1.165) is 22.3 Å². The van der Waals surface area contributed by atoms with Gasteiger partial charge in [-0.1, -0.05) is 12.1 Å². The number of hydrogen-bond donors (Lipinski definition) is 0.